The van der Waals surface area contributed by atoms with Crippen molar-refractivity contribution in [2.75, 3.05) is 10.9 Å². The molecule has 0 aliphatic heterocycles. The van der Waals surface area contributed by atoms with Gasteiger partial charge in [0.15, 0.2) is 5.13 Å². The predicted molar refractivity (Wildman–Crippen MR) is 122 cm³/mol. The van der Waals surface area contributed by atoms with Crippen LogP contribution < -0.4 is 4.31 Å². The number of thiazole rings is 1. The summed E-state index contributed by atoms with van der Waals surface area (Å²) in [4.78, 5) is 16.9. The first kappa shape index (κ1) is 21.5. The van der Waals surface area contributed by atoms with E-state index in [4.69, 9.17) is 9.15 Å². The minimum Gasteiger partial charge on any atom is -0.460 e. The summed E-state index contributed by atoms with van der Waals surface area (Å²) in [6.07, 6.45) is 1.53. The molecule has 10 heteroatoms. The number of nitrogens with zero attached hydrogens (tertiary/aromatic N) is 2. The van der Waals surface area contributed by atoms with E-state index in [2.05, 4.69) is 20.9 Å². The van der Waals surface area contributed by atoms with Crippen molar-refractivity contribution in [3.8, 4) is 0 Å². The van der Waals surface area contributed by atoms with Gasteiger partial charge in [-0.05, 0) is 37.3 Å². The lowest BCUT2D eigenvalue weighted by molar-refractivity contribution is 0.0491. The second-order valence-corrected chi connectivity index (χ2v) is 10.1. The van der Waals surface area contributed by atoms with Gasteiger partial charge in [0.2, 0.25) is 5.76 Å². The molecule has 0 N–H and O–H groups in total. The van der Waals surface area contributed by atoms with E-state index < -0.39 is 16.0 Å². The Morgan fingerprint density at radius 3 is 2.68 bits per heavy atom. The second-order valence-electron chi connectivity index (χ2n) is 6.41. The van der Waals surface area contributed by atoms with Crippen molar-refractivity contribution in [3.63, 3.8) is 0 Å². The van der Waals surface area contributed by atoms with E-state index in [1.54, 1.807) is 48.7 Å². The van der Waals surface area contributed by atoms with Crippen LogP contribution in [0, 0.1) is 0 Å². The third-order valence-corrected chi connectivity index (χ3v) is 7.63. The average molecular weight is 521 g/mol. The largest absolute Gasteiger partial charge is 0.460 e. The van der Waals surface area contributed by atoms with Gasteiger partial charge in [-0.25, -0.2) is 22.5 Å². The van der Waals surface area contributed by atoms with Gasteiger partial charge in [-0.2, -0.15) is 0 Å². The highest BCUT2D eigenvalue weighted by molar-refractivity contribution is 9.10. The fourth-order valence-corrected chi connectivity index (χ4v) is 5.74. The summed E-state index contributed by atoms with van der Waals surface area (Å²) in [5.74, 6) is -0.680. The molecule has 0 atom stereocenters. The molecule has 2 heterocycles. The number of hydrogen-bond acceptors (Lipinski definition) is 7. The van der Waals surface area contributed by atoms with Crippen molar-refractivity contribution in [1.29, 1.82) is 0 Å². The molecule has 31 heavy (non-hydrogen) atoms. The maximum Gasteiger partial charge on any atom is 0.374 e. The number of carbonyl (C=O) groups excluding carboxylic acids is 1. The molecule has 4 aromatic rings. The molecular weight excluding hydrogens is 504 g/mol. The van der Waals surface area contributed by atoms with E-state index in [0.29, 0.717) is 16.5 Å². The number of sulfonamides is 1. The van der Waals surface area contributed by atoms with E-state index in [0.717, 1.165) is 4.47 Å². The molecule has 160 valence electrons. The Morgan fingerprint density at radius 1 is 1.23 bits per heavy atom. The fourth-order valence-electron chi connectivity index (χ4n) is 3.10. The molecule has 0 saturated carbocycles. The number of hydrogen-bond donors (Lipinski definition) is 0. The number of fused-ring (bicyclic) bond motifs is 1. The lowest BCUT2D eigenvalue weighted by Gasteiger charge is -2.22. The number of benzene rings is 2. The van der Waals surface area contributed by atoms with Gasteiger partial charge in [-0.15, -0.1) is 11.3 Å². The number of carbonyl (C=O) groups is 1. The first-order valence-corrected chi connectivity index (χ1v) is 12.4. The number of furan rings is 1. The summed E-state index contributed by atoms with van der Waals surface area (Å²) in [5.41, 5.74) is 0.863. The molecule has 0 bridgehead atoms. The van der Waals surface area contributed by atoms with Gasteiger partial charge in [0.25, 0.3) is 10.0 Å². The van der Waals surface area contributed by atoms with Gasteiger partial charge in [0, 0.05) is 27.0 Å². The van der Waals surface area contributed by atoms with E-state index in [1.807, 2.05) is 0 Å². The average Bonchev–Trinajstić information content (AvgIpc) is 3.40. The zero-order valence-corrected chi connectivity index (χ0v) is 19.5. The molecule has 0 amide bonds. The molecular formula is C21H17BrN2O5S2. The number of halogens is 1. The van der Waals surface area contributed by atoms with E-state index in [9.17, 15) is 13.2 Å². The van der Waals surface area contributed by atoms with E-state index in [1.165, 1.54) is 34.0 Å². The van der Waals surface area contributed by atoms with Crippen LogP contribution in [0.5, 0.6) is 0 Å². The molecule has 0 spiro atoms. The molecule has 0 saturated heterocycles. The summed E-state index contributed by atoms with van der Waals surface area (Å²) in [6, 6.07) is 13.4. The van der Waals surface area contributed by atoms with Crippen molar-refractivity contribution >= 4 is 59.4 Å². The smallest absolute Gasteiger partial charge is 0.374 e. The van der Waals surface area contributed by atoms with Crippen LogP contribution in [0.15, 0.2) is 73.9 Å². The highest BCUT2D eigenvalue weighted by atomic mass is 79.9. The first-order valence-electron chi connectivity index (χ1n) is 9.27. The highest BCUT2D eigenvalue weighted by Gasteiger charge is 2.31. The number of esters is 1. The van der Waals surface area contributed by atoms with E-state index in [-0.39, 0.29) is 28.9 Å². The molecule has 4 rings (SSSR count). The van der Waals surface area contributed by atoms with Crippen molar-refractivity contribution in [2.45, 2.75) is 18.4 Å². The molecule has 2 aromatic carbocycles. The molecule has 0 unspecified atom stereocenters. The Morgan fingerprint density at radius 2 is 2.00 bits per heavy atom. The van der Waals surface area contributed by atoms with Crippen LogP contribution in [0.4, 0.5) is 5.13 Å². The molecule has 0 aliphatic carbocycles. The zero-order valence-electron chi connectivity index (χ0n) is 16.3. The van der Waals surface area contributed by atoms with Crippen molar-refractivity contribution in [2.24, 2.45) is 0 Å². The van der Waals surface area contributed by atoms with Gasteiger partial charge >= 0.3 is 5.97 Å². The SMILES string of the molecule is CCOC(=O)c1oc2ccc(Br)cc2c1CN(c1nccs1)S(=O)(=O)c1ccccc1. The lowest BCUT2D eigenvalue weighted by atomic mass is 10.1. The highest BCUT2D eigenvalue weighted by Crippen LogP contribution is 2.34. The van der Waals surface area contributed by atoms with Gasteiger partial charge in [0.1, 0.15) is 5.58 Å². The second kappa shape index (κ2) is 8.81. The van der Waals surface area contributed by atoms with Crippen LogP contribution in [0.3, 0.4) is 0 Å². The van der Waals surface area contributed by atoms with Crippen molar-refractivity contribution in [3.05, 3.63) is 75.9 Å². The predicted octanol–water partition coefficient (Wildman–Crippen LogP) is 5.22. The summed E-state index contributed by atoms with van der Waals surface area (Å²) >= 11 is 4.61. The Bertz CT molecular complexity index is 1320. The maximum atomic E-state index is 13.5. The van der Waals surface area contributed by atoms with Gasteiger partial charge < -0.3 is 9.15 Å². The summed E-state index contributed by atoms with van der Waals surface area (Å²) in [7, 11) is -3.96. The first-order chi connectivity index (χ1) is 14.9. The quantitative estimate of drug-likeness (QED) is 0.310. The topological polar surface area (TPSA) is 89.7 Å². The third-order valence-electron chi connectivity index (χ3n) is 4.48. The third kappa shape index (κ3) is 4.23. The molecule has 7 nitrogen and oxygen atoms in total. The Hall–Kier alpha value is -2.69. The number of ether oxygens (including phenoxy) is 1. The minimum absolute atomic E-state index is 0.0280. The number of aromatic nitrogens is 1. The Balaban J connectivity index is 1.89. The molecule has 0 fully saturated rings. The maximum absolute atomic E-state index is 13.5. The Kier molecular flexibility index (Phi) is 6.12. The molecule has 0 radical (unpaired) electrons. The standard InChI is InChI=1S/C21H17BrN2O5S2/c1-2-28-20(25)19-17(16-12-14(22)8-9-18(16)29-19)13-24(21-23-10-11-30-21)31(26,27)15-6-4-3-5-7-15/h3-12H,2,13H2,1H3. The summed E-state index contributed by atoms with van der Waals surface area (Å²) in [6.45, 7) is 1.71. The van der Waals surface area contributed by atoms with Gasteiger partial charge in [-0.1, -0.05) is 34.1 Å². The van der Waals surface area contributed by atoms with Gasteiger partial charge in [0.05, 0.1) is 18.0 Å². The normalized spacial score (nSPS) is 11.5. The summed E-state index contributed by atoms with van der Waals surface area (Å²) in [5, 5.41) is 2.59. The van der Waals surface area contributed by atoms with Crippen LogP contribution in [0.2, 0.25) is 0 Å². The van der Waals surface area contributed by atoms with Crippen LogP contribution in [-0.4, -0.2) is 26.0 Å². The van der Waals surface area contributed by atoms with Crippen LogP contribution in [0.25, 0.3) is 11.0 Å². The lowest BCUT2D eigenvalue weighted by Crippen LogP contribution is -2.31. The Labute approximate surface area is 191 Å². The van der Waals surface area contributed by atoms with Crippen LogP contribution in [0.1, 0.15) is 23.0 Å². The monoisotopic (exact) mass is 520 g/mol. The van der Waals surface area contributed by atoms with Crippen LogP contribution >= 0.6 is 27.3 Å². The molecule has 0 aliphatic rings. The zero-order chi connectivity index (χ0) is 22.0. The van der Waals surface area contributed by atoms with Gasteiger partial charge in [-0.3, -0.25) is 0 Å². The molecule has 2 aromatic heterocycles. The number of anilines is 1. The number of rotatable bonds is 7. The minimum atomic E-state index is -3.96. The van der Waals surface area contributed by atoms with Crippen molar-refractivity contribution < 1.29 is 22.4 Å². The van der Waals surface area contributed by atoms with E-state index >= 15 is 0 Å². The fraction of sp³-hybridized carbons (Fsp3) is 0.143. The summed E-state index contributed by atoms with van der Waals surface area (Å²) < 4.78 is 39.9. The van der Waals surface area contributed by atoms with Crippen molar-refractivity contribution in [1.82, 2.24) is 4.98 Å². The van der Waals surface area contributed by atoms with Crippen LogP contribution in [-0.2, 0) is 21.3 Å².